The molecule has 1 atom stereocenters. The second-order valence-corrected chi connectivity index (χ2v) is 7.84. The van der Waals surface area contributed by atoms with Gasteiger partial charge in [0.1, 0.15) is 11.5 Å². The average molecular weight is 449 g/mol. The molecule has 1 unspecified atom stereocenters. The van der Waals surface area contributed by atoms with Crippen LogP contribution in [0.15, 0.2) is 66.2 Å². The number of nitrogens with zero attached hydrogens (tertiary/aromatic N) is 1. The first-order valence-corrected chi connectivity index (χ1v) is 10.2. The minimum absolute atomic E-state index is 0.00343. The predicted octanol–water partition coefficient (Wildman–Crippen LogP) is 5.22. The first-order valence-electron chi connectivity index (χ1n) is 10.2. The molecule has 0 bridgehead atoms. The number of rotatable bonds is 4. The van der Waals surface area contributed by atoms with Crippen LogP contribution in [-0.4, -0.2) is 23.9 Å². The number of aryl methyl sites for hydroxylation is 2. The lowest BCUT2D eigenvalue weighted by molar-refractivity contribution is -0.132. The molecule has 0 aromatic heterocycles. The van der Waals surface area contributed by atoms with E-state index in [1.165, 1.54) is 13.2 Å². The Morgan fingerprint density at radius 1 is 0.970 bits per heavy atom. The van der Waals surface area contributed by atoms with Gasteiger partial charge in [-0.2, -0.15) is 0 Å². The minimum atomic E-state index is -1.16. The van der Waals surface area contributed by atoms with E-state index in [0.29, 0.717) is 11.3 Å². The van der Waals surface area contributed by atoms with Crippen LogP contribution in [-0.2, 0) is 9.59 Å². The molecule has 0 saturated carbocycles. The van der Waals surface area contributed by atoms with E-state index in [0.717, 1.165) is 28.2 Å². The first kappa shape index (κ1) is 22.2. The van der Waals surface area contributed by atoms with Crippen LogP contribution in [0.5, 0.6) is 5.75 Å². The summed E-state index contributed by atoms with van der Waals surface area (Å²) < 4.78 is 33.0. The summed E-state index contributed by atoms with van der Waals surface area (Å²) in [5.74, 6) is -4.17. The van der Waals surface area contributed by atoms with Gasteiger partial charge in [0.15, 0.2) is 11.6 Å². The molecule has 1 fully saturated rings. The summed E-state index contributed by atoms with van der Waals surface area (Å²) in [6.07, 6.45) is 0. The summed E-state index contributed by atoms with van der Waals surface area (Å²) in [4.78, 5) is 27.4. The normalized spacial score (nSPS) is 17.5. The fourth-order valence-corrected chi connectivity index (χ4v) is 4.23. The Kier molecular flexibility index (Phi) is 5.72. The molecule has 1 aliphatic heterocycles. The van der Waals surface area contributed by atoms with E-state index < -0.39 is 35.1 Å². The second-order valence-electron chi connectivity index (χ2n) is 7.84. The SMILES string of the molecule is COc1c(C)cc(C)cc1/C(O)=C1\C(=O)C(=O)N(c2ccc(F)c(F)c2)C1c1ccccc1. The third-order valence-electron chi connectivity index (χ3n) is 5.62. The lowest BCUT2D eigenvalue weighted by atomic mass is 9.93. The molecule has 1 aliphatic rings. The zero-order valence-electron chi connectivity index (χ0n) is 18.2. The number of ether oxygens (including phenoxy) is 1. The molecule has 1 amide bonds. The van der Waals surface area contributed by atoms with Gasteiger partial charge < -0.3 is 9.84 Å². The number of aliphatic hydroxyl groups excluding tert-OH is 1. The third kappa shape index (κ3) is 3.75. The number of ketones is 1. The van der Waals surface area contributed by atoms with Crippen molar-refractivity contribution in [3.05, 3.63) is 100 Å². The number of hydrogen-bond acceptors (Lipinski definition) is 4. The van der Waals surface area contributed by atoms with Crippen LogP contribution < -0.4 is 9.64 Å². The number of halogens is 2. The van der Waals surface area contributed by atoms with Gasteiger partial charge in [0, 0.05) is 11.8 Å². The van der Waals surface area contributed by atoms with Crippen molar-refractivity contribution in [1.29, 1.82) is 0 Å². The van der Waals surface area contributed by atoms with Crippen molar-refractivity contribution in [2.24, 2.45) is 0 Å². The predicted molar refractivity (Wildman–Crippen MR) is 120 cm³/mol. The van der Waals surface area contributed by atoms with Crippen molar-refractivity contribution in [2.75, 3.05) is 12.0 Å². The molecule has 0 radical (unpaired) electrons. The van der Waals surface area contributed by atoms with Gasteiger partial charge in [-0.05, 0) is 48.7 Å². The van der Waals surface area contributed by atoms with Crippen molar-refractivity contribution < 1.29 is 28.2 Å². The molecule has 3 aromatic rings. The van der Waals surface area contributed by atoms with Crippen LogP contribution >= 0.6 is 0 Å². The van der Waals surface area contributed by atoms with Crippen LogP contribution in [0.3, 0.4) is 0 Å². The minimum Gasteiger partial charge on any atom is -0.507 e. The van der Waals surface area contributed by atoms with Gasteiger partial charge in [0.05, 0.1) is 24.3 Å². The number of aliphatic hydroxyl groups is 1. The van der Waals surface area contributed by atoms with Crippen LogP contribution in [0.1, 0.15) is 28.3 Å². The highest BCUT2D eigenvalue weighted by Gasteiger charge is 2.47. The number of Topliss-reactive ketones (excluding diaryl/α,β-unsaturated/α-hetero) is 1. The molecular formula is C26H21F2NO4. The summed E-state index contributed by atoms with van der Waals surface area (Å²) >= 11 is 0. The Morgan fingerprint density at radius 3 is 2.30 bits per heavy atom. The van der Waals surface area contributed by atoms with E-state index in [9.17, 15) is 23.5 Å². The Hall–Kier alpha value is -4.00. The zero-order chi connectivity index (χ0) is 23.9. The zero-order valence-corrected chi connectivity index (χ0v) is 18.2. The summed E-state index contributed by atoms with van der Waals surface area (Å²) in [6.45, 7) is 3.63. The largest absolute Gasteiger partial charge is 0.507 e. The summed E-state index contributed by atoms with van der Waals surface area (Å²) in [7, 11) is 1.45. The number of amides is 1. The Balaban J connectivity index is 2.00. The molecule has 1 saturated heterocycles. The Morgan fingerprint density at radius 2 is 1.67 bits per heavy atom. The molecule has 3 aromatic carbocycles. The lowest BCUT2D eigenvalue weighted by Crippen LogP contribution is -2.29. The van der Waals surface area contributed by atoms with Crippen molar-refractivity contribution >= 4 is 23.1 Å². The fourth-order valence-electron chi connectivity index (χ4n) is 4.23. The summed E-state index contributed by atoms with van der Waals surface area (Å²) in [6, 6.07) is 14.0. The van der Waals surface area contributed by atoms with Gasteiger partial charge in [-0.3, -0.25) is 14.5 Å². The molecule has 33 heavy (non-hydrogen) atoms. The maximum Gasteiger partial charge on any atom is 0.300 e. The highest BCUT2D eigenvalue weighted by Crippen LogP contribution is 2.44. The quantitative estimate of drug-likeness (QED) is 0.337. The molecule has 5 nitrogen and oxygen atoms in total. The Bertz CT molecular complexity index is 1300. The van der Waals surface area contributed by atoms with Crippen molar-refractivity contribution in [1.82, 2.24) is 0 Å². The topological polar surface area (TPSA) is 66.8 Å². The van der Waals surface area contributed by atoms with Crippen LogP contribution in [0.2, 0.25) is 0 Å². The number of benzene rings is 3. The first-order chi connectivity index (χ1) is 15.7. The summed E-state index contributed by atoms with van der Waals surface area (Å²) in [5, 5.41) is 11.3. The van der Waals surface area contributed by atoms with E-state index >= 15 is 0 Å². The van der Waals surface area contributed by atoms with Gasteiger partial charge in [-0.1, -0.05) is 36.4 Å². The fraction of sp³-hybridized carbons (Fsp3) is 0.154. The van der Waals surface area contributed by atoms with E-state index in [1.54, 1.807) is 43.3 Å². The van der Waals surface area contributed by atoms with Crippen LogP contribution in [0, 0.1) is 25.5 Å². The molecule has 168 valence electrons. The third-order valence-corrected chi connectivity index (χ3v) is 5.62. The second kappa shape index (κ2) is 8.50. The van der Waals surface area contributed by atoms with E-state index in [4.69, 9.17) is 4.74 Å². The maximum absolute atomic E-state index is 14.0. The van der Waals surface area contributed by atoms with Gasteiger partial charge in [-0.25, -0.2) is 8.78 Å². The number of carbonyl (C=O) groups is 2. The molecular weight excluding hydrogens is 428 g/mol. The lowest BCUT2D eigenvalue weighted by Gasteiger charge is -2.25. The van der Waals surface area contributed by atoms with Crippen LogP contribution in [0.4, 0.5) is 14.5 Å². The molecule has 1 heterocycles. The number of carbonyl (C=O) groups excluding carboxylic acids is 2. The Labute approximate surface area is 189 Å². The van der Waals surface area contributed by atoms with Crippen LogP contribution in [0.25, 0.3) is 5.76 Å². The molecule has 4 rings (SSSR count). The van der Waals surface area contributed by atoms with Crippen molar-refractivity contribution in [2.45, 2.75) is 19.9 Å². The highest BCUT2D eigenvalue weighted by atomic mass is 19.2. The smallest absolute Gasteiger partial charge is 0.300 e. The maximum atomic E-state index is 14.0. The van der Waals surface area contributed by atoms with Gasteiger partial charge in [-0.15, -0.1) is 0 Å². The molecule has 1 N–H and O–H groups in total. The number of anilines is 1. The van der Waals surface area contributed by atoms with Gasteiger partial charge >= 0.3 is 0 Å². The highest BCUT2D eigenvalue weighted by molar-refractivity contribution is 6.51. The molecule has 7 heteroatoms. The van der Waals surface area contributed by atoms with Gasteiger partial charge in [0.2, 0.25) is 0 Å². The van der Waals surface area contributed by atoms with E-state index in [-0.39, 0.29) is 16.8 Å². The standard InChI is InChI=1S/C26H21F2NO4/c1-14-11-15(2)25(33-3)18(12-14)23(30)21-22(16-7-5-4-6-8-16)29(26(32)24(21)31)17-9-10-19(27)20(28)13-17/h4-13,22,30H,1-3H3/b23-21+. The monoisotopic (exact) mass is 449 g/mol. The molecule has 0 aliphatic carbocycles. The van der Waals surface area contributed by atoms with Crippen molar-refractivity contribution in [3.8, 4) is 5.75 Å². The molecule has 0 spiro atoms. The van der Waals surface area contributed by atoms with E-state index in [1.807, 2.05) is 13.0 Å². The van der Waals surface area contributed by atoms with Gasteiger partial charge in [0.25, 0.3) is 11.7 Å². The number of hydrogen-bond donors (Lipinski definition) is 1. The number of methoxy groups -OCH3 is 1. The van der Waals surface area contributed by atoms with E-state index in [2.05, 4.69) is 0 Å². The van der Waals surface area contributed by atoms with Crippen molar-refractivity contribution in [3.63, 3.8) is 0 Å². The average Bonchev–Trinajstić information content (AvgIpc) is 3.06. The summed E-state index contributed by atoms with van der Waals surface area (Å²) in [5.41, 5.74) is 2.17.